The molecule has 1 N–H and O–H groups in total. The van der Waals surface area contributed by atoms with Crippen molar-refractivity contribution in [3.8, 4) is 0 Å². The maximum absolute atomic E-state index is 13.4. The standard InChI is InChI=1S/C29H39NO9/c1-19(2)26-29(3,4)39-28(34)30(26)27(33)25(35-5)24-23(32)14-13-21(38-24)12-9-15-36-18-22(16-31)37-17-20-10-7-6-8-11-20/h6-8,10-14,19,22,24-26,31H,9,15-18H2,1-5H3/t22-,24-,25+,26+/m1/s1. The van der Waals surface area contributed by atoms with Gasteiger partial charge in [0.2, 0.25) is 0 Å². The Morgan fingerprint density at radius 2 is 1.90 bits per heavy atom. The van der Waals surface area contributed by atoms with E-state index in [1.807, 2.05) is 44.2 Å². The van der Waals surface area contributed by atoms with E-state index < -0.39 is 47.7 Å². The van der Waals surface area contributed by atoms with Crippen LogP contribution in [-0.4, -0.2) is 84.7 Å². The number of hydrogen-bond donors (Lipinski definition) is 1. The first kappa shape index (κ1) is 30.5. The van der Waals surface area contributed by atoms with Crippen molar-refractivity contribution in [3.05, 3.63) is 59.9 Å². The highest BCUT2D eigenvalue weighted by molar-refractivity contribution is 6.03. The zero-order chi connectivity index (χ0) is 28.6. The Morgan fingerprint density at radius 3 is 2.54 bits per heavy atom. The summed E-state index contributed by atoms with van der Waals surface area (Å²) in [7, 11) is 1.29. The van der Waals surface area contributed by atoms with E-state index in [2.05, 4.69) is 0 Å². The van der Waals surface area contributed by atoms with Gasteiger partial charge in [0.1, 0.15) is 17.5 Å². The van der Waals surface area contributed by atoms with Crippen LogP contribution in [0.5, 0.6) is 0 Å². The van der Waals surface area contributed by atoms with Crippen molar-refractivity contribution in [2.24, 2.45) is 5.92 Å². The van der Waals surface area contributed by atoms with Crippen LogP contribution in [0, 0.1) is 5.92 Å². The number of benzene rings is 1. The molecule has 2 aliphatic rings. The second kappa shape index (κ2) is 13.8. The number of ether oxygens (including phenoxy) is 5. The Bertz CT molecular complexity index is 1050. The van der Waals surface area contributed by atoms with Gasteiger partial charge in [0.15, 0.2) is 18.0 Å². The lowest BCUT2D eigenvalue weighted by Crippen LogP contribution is -2.55. The summed E-state index contributed by atoms with van der Waals surface area (Å²) in [6, 6.07) is 9.12. The van der Waals surface area contributed by atoms with E-state index in [1.165, 1.54) is 19.3 Å². The molecule has 2 heterocycles. The van der Waals surface area contributed by atoms with Crippen LogP contribution < -0.4 is 0 Å². The molecule has 0 radical (unpaired) electrons. The van der Waals surface area contributed by atoms with Crippen LogP contribution in [0.2, 0.25) is 0 Å². The third kappa shape index (κ3) is 7.76. The lowest BCUT2D eigenvalue weighted by atomic mass is 9.88. The number of cyclic esters (lactones) is 1. The van der Waals surface area contributed by atoms with E-state index in [-0.39, 0.29) is 19.1 Å². The predicted molar refractivity (Wildman–Crippen MR) is 141 cm³/mol. The molecule has 3 rings (SSSR count). The molecule has 0 unspecified atom stereocenters. The van der Waals surface area contributed by atoms with Gasteiger partial charge in [0.05, 0.1) is 32.5 Å². The fourth-order valence-electron chi connectivity index (χ4n) is 4.85. The molecule has 214 valence electrons. The van der Waals surface area contributed by atoms with Gasteiger partial charge in [-0.25, -0.2) is 9.69 Å². The first-order valence-corrected chi connectivity index (χ1v) is 13.1. The molecule has 2 aliphatic heterocycles. The molecule has 0 spiro atoms. The van der Waals surface area contributed by atoms with E-state index in [9.17, 15) is 19.5 Å². The number of aliphatic hydroxyl groups is 1. The number of imide groups is 1. The van der Waals surface area contributed by atoms with Gasteiger partial charge in [-0.05, 0) is 50.0 Å². The third-order valence-electron chi connectivity index (χ3n) is 6.58. The summed E-state index contributed by atoms with van der Waals surface area (Å²) >= 11 is 0. The Morgan fingerprint density at radius 1 is 1.18 bits per heavy atom. The monoisotopic (exact) mass is 545 g/mol. The van der Waals surface area contributed by atoms with Crippen LogP contribution in [0.1, 0.15) is 39.7 Å². The van der Waals surface area contributed by atoms with Gasteiger partial charge in [0.25, 0.3) is 5.91 Å². The third-order valence-corrected chi connectivity index (χ3v) is 6.58. The summed E-state index contributed by atoms with van der Waals surface area (Å²) in [6.07, 6.45) is 1.19. The number of ketones is 1. The molecule has 0 aliphatic carbocycles. The molecule has 1 aromatic carbocycles. The highest BCUT2D eigenvalue weighted by Crippen LogP contribution is 2.35. The summed E-state index contributed by atoms with van der Waals surface area (Å²) < 4.78 is 28.0. The minimum absolute atomic E-state index is 0.0830. The molecule has 0 aromatic heterocycles. The van der Waals surface area contributed by atoms with Gasteiger partial charge >= 0.3 is 6.09 Å². The summed E-state index contributed by atoms with van der Waals surface area (Å²) in [4.78, 5) is 39.8. The number of hydrogen-bond acceptors (Lipinski definition) is 9. The Kier molecular flexibility index (Phi) is 10.8. The molecular weight excluding hydrogens is 506 g/mol. The molecule has 39 heavy (non-hydrogen) atoms. The van der Waals surface area contributed by atoms with Crippen LogP contribution in [0.4, 0.5) is 4.79 Å². The molecule has 4 atom stereocenters. The lowest BCUT2D eigenvalue weighted by molar-refractivity contribution is -0.154. The Labute approximate surface area is 229 Å². The van der Waals surface area contributed by atoms with E-state index in [1.54, 1.807) is 19.9 Å². The molecule has 1 fully saturated rings. The van der Waals surface area contributed by atoms with Crippen LogP contribution in [0.15, 0.2) is 54.3 Å². The zero-order valence-corrected chi connectivity index (χ0v) is 23.2. The summed E-state index contributed by atoms with van der Waals surface area (Å²) in [5.41, 5.74) is 0.118. The minimum Gasteiger partial charge on any atom is -0.479 e. The smallest absolute Gasteiger partial charge is 0.417 e. The van der Waals surface area contributed by atoms with E-state index in [0.29, 0.717) is 25.4 Å². The first-order valence-electron chi connectivity index (χ1n) is 13.1. The number of methoxy groups -OCH3 is 1. The second-order valence-corrected chi connectivity index (χ2v) is 10.4. The fourth-order valence-corrected chi connectivity index (χ4v) is 4.85. The van der Waals surface area contributed by atoms with Gasteiger partial charge < -0.3 is 28.8 Å². The largest absolute Gasteiger partial charge is 0.479 e. The van der Waals surface area contributed by atoms with Crippen LogP contribution >= 0.6 is 0 Å². The van der Waals surface area contributed by atoms with Crippen molar-refractivity contribution in [2.45, 2.75) is 70.7 Å². The second-order valence-electron chi connectivity index (χ2n) is 10.4. The fraction of sp³-hybridized carbons (Fsp3) is 0.552. The molecule has 10 nitrogen and oxygen atoms in total. The molecule has 1 saturated heterocycles. The van der Waals surface area contributed by atoms with Crippen molar-refractivity contribution in [3.63, 3.8) is 0 Å². The number of carbonyl (C=O) groups excluding carboxylic acids is 3. The SMILES string of the molecule is CO[C@H](C(=O)N1C(=O)OC(C)(C)[C@@H]1C(C)C)[C@@H]1OC(=CCCOC[C@@H](CO)OCc2ccccc2)C=CC1=O. The molecular formula is C29H39NO9. The Balaban J connectivity index is 1.55. The number of allylic oxidation sites excluding steroid dienone is 1. The van der Waals surface area contributed by atoms with E-state index in [4.69, 9.17) is 23.7 Å². The van der Waals surface area contributed by atoms with Crippen molar-refractivity contribution in [1.29, 1.82) is 0 Å². The van der Waals surface area contributed by atoms with Crippen molar-refractivity contribution < 1.29 is 43.2 Å². The van der Waals surface area contributed by atoms with Crippen molar-refractivity contribution in [2.75, 3.05) is 26.9 Å². The van der Waals surface area contributed by atoms with Gasteiger partial charge in [-0.1, -0.05) is 44.2 Å². The quantitative estimate of drug-likeness (QED) is 0.373. The topological polar surface area (TPSA) is 121 Å². The van der Waals surface area contributed by atoms with E-state index >= 15 is 0 Å². The molecule has 0 saturated carbocycles. The average Bonchev–Trinajstić information content (AvgIpc) is 3.16. The van der Waals surface area contributed by atoms with Gasteiger partial charge in [-0.2, -0.15) is 0 Å². The Hall–Kier alpha value is -3.05. The first-order chi connectivity index (χ1) is 18.6. The number of nitrogens with zero attached hydrogens (tertiary/aromatic N) is 1. The van der Waals surface area contributed by atoms with Gasteiger partial charge in [-0.3, -0.25) is 9.59 Å². The average molecular weight is 546 g/mol. The predicted octanol–water partition coefficient (Wildman–Crippen LogP) is 3.18. The number of rotatable bonds is 13. The van der Waals surface area contributed by atoms with Gasteiger partial charge in [0, 0.05) is 7.11 Å². The molecule has 0 bridgehead atoms. The van der Waals surface area contributed by atoms with Crippen LogP contribution in [0.3, 0.4) is 0 Å². The van der Waals surface area contributed by atoms with Crippen LogP contribution in [0.25, 0.3) is 0 Å². The maximum atomic E-state index is 13.4. The summed E-state index contributed by atoms with van der Waals surface area (Å²) in [5.74, 6) is -0.839. The van der Waals surface area contributed by atoms with Gasteiger partial charge in [-0.15, -0.1) is 0 Å². The number of carbonyl (C=O) groups is 3. The highest BCUT2D eigenvalue weighted by Gasteiger charge is 2.54. The van der Waals surface area contributed by atoms with Crippen molar-refractivity contribution >= 4 is 17.8 Å². The molecule has 2 amide bonds. The lowest BCUT2D eigenvalue weighted by Gasteiger charge is -2.34. The zero-order valence-electron chi connectivity index (χ0n) is 23.2. The summed E-state index contributed by atoms with van der Waals surface area (Å²) in [6.45, 7) is 8.01. The van der Waals surface area contributed by atoms with Crippen molar-refractivity contribution in [1.82, 2.24) is 4.90 Å². The molecule has 10 heteroatoms. The number of aliphatic hydroxyl groups excluding tert-OH is 1. The maximum Gasteiger partial charge on any atom is 0.417 e. The minimum atomic E-state index is -1.34. The summed E-state index contributed by atoms with van der Waals surface area (Å²) in [5, 5.41) is 9.56. The normalized spacial score (nSPS) is 23.2. The highest BCUT2D eigenvalue weighted by atomic mass is 16.6. The van der Waals surface area contributed by atoms with Crippen LogP contribution in [-0.2, 0) is 39.9 Å². The molecule has 1 aromatic rings. The van der Waals surface area contributed by atoms with E-state index in [0.717, 1.165) is 10.5 Å². The number of amides is 2.